The van der Waals surface area contributed by atoms with Gasteiger partial charge in [0, 0.05) is 38.6 Å². The number of carbonyl (C=O) groups excluding carboxylic acids is 1. The SMILES string of the molecule is CN=C(NCC(C)COCc1ccccc1)NC1CCN(C(=O)C2CCCCC2)C1.I. The Morgan fingerprint density at radius 2 is 1.94 bits per heavy atom. The van der Waals surface area contributed by atoms with Gasteiger partial charge in [-0.05, 0) is 30.7 Å². The fourth-order valence-corrected chi connectivity index (χ4v) is 4.36. The number of amides is 1. The molecule has 0 spiro atoms. The van der Waals surface area contributed by atoms with Gasteiger partial charge in [-0.2, -0.15) is 0 Å². The van der Waals surface area contributed by atoms with Crippen molar-refractivity contribution >= 4 is 35.8 Å². The Hall–Kier alpha value is -1.35. The average Bonchev–Trinajstić information content (AvgIpc) is 3.26. The third kappa shape index (κ3) is 8.60. The summed E-state index contributed by atoms with van der Waals surface area (Å²) in [6, 6.07) is 10.5. The number of hydrogen-bond acceptors (Lipinski definition) is 3. The normalized spacial score (nSPS) is 20.8. The van der Waals surface area contributed by atoms with E-state index in [4.69, 9.17) is 4.74 Å². The van der Waals surface area contributed by atoms with Crippen LogP contribution in [0.3, 0.4) is 0 Å². The lowest BCUT2D eigenvalue weighted by Crippen LogP contribution is -2.46. The van der Waals surface area contributed by atoms with Gasteiger partial charge in [0.1, 0.15) is 0 Å². The molecule has 6 nitrogen and oxygen atoms in total. The van der Waals surface area contributed by atoms with Gasteiger partial charge in [-0.15, -0.1) is 24.0 Å². The number of nitrogens with one attached hydrogen (secondary N) is 2. The summed E-state index contributed by atoms with van der Waals surface area (Å²) in [6.07, 6.45) is 6.81. The summed E-state index contributed by atoms with van der Waals surface area (Å²) in [6.45, 7) is 5.95. The fraction of sp³-hybridized carbons (Fsp3) is 0.667. The zero-order chi connectivity index (χ0) is 21.2. The van der Waals surface area contributed by atoms with Gasteiger partial charge in [0.15, 0.2) is 5.96 Å². The lowest BCUT2D eigenvalue weighted by Gasteiger charge is -2.26. The Morgan fingerprint density at radius 3 is 2.65 bits per heavy atom. The highest BCUT2D eigenvalue weighted by Gasteiger charge is 2.31. The monoisotopic (exact) mass is 542 g/mol. The second-order valence-corrected chi connectivity index (χ2v) is 8.81. The van der Waals surface area contributed by atoms with Crippen LogP contribution in [0.4, 0.5) is 0 Å². The molecule has 31 heavy (non-hydrogen) atoms. The van der Waals surface area contributed by atoms with Crippen LogP contribution < -0.4 is 10.6 Å². The summed E-state index contributed by atoms with van der Waals surface area (Å²) in [5, 5.41) is 6.90. The van der Waals surface area contributed by atoms with Gasteiger partial charge in [0.05, 0.1) is 13.2 Å². The van der Waals surface area contributed by atoms with Crippen molar-refractivity contribution in [3.8, 4) is 0 Å². The molecule has 1 saturated carbocycles. The molecule has 2 aliphatic rings. The van der Waals surface area contributed by atoms with Gasteiger partial charge in [0.25, 0.3) is 0 Å². The first-order valence-electron chi connectivity index (χ1n) is 11.5. The second kappa shape index (κ2) is 13.9. The van der Waals surface area contributed by atoms with Crippen LogP contribution in [0.15, 0.2) is 35.3 Å². The fourth-order valence-electron chi connectivity index (χ4n) is 4.36. The summed E-state index contributed by atoms with van der Waals surface area (Å²) in [7, 11) is 1.80. The average molecular weight is 543 g/mol. The number of ether oxygens (including phenoxy) is 1. The van der Waals surface area contributed by atoms with E-state index >= 15 is 0 Å². The van der Waals surface area contributed by atoms with Crippen LogP contribution in [0.5, 0.6) is 0 Å². The Labute approximate surface area is 204 Å². The molecular weight excluding hydrogens is 503 g/mol. The molecule has 0 aromatic heterocycles. The van der Waals surface area contributed by atoms with E-state index in [-0.39, 0.29) is 35.9 Å². The van der Waals surface area contributed by atoms with Crippen molar-refractivity contribution in [3.05, 3.63) is 35.9 Å². The van der Waals surface area contributed by atoms with Crippen molar-refractivity contribution in [1.82, 2.24) is 15.5 Å². The maximum atomic E-state index is 12.8. The van der Waals surface area contributed by atoms with E-state index in [2.05, 4.69) is 39.6 Å². The van der Waals surface area contributed by atoms with Gasteiger partial charge in [-0.25, -0.2) is 0 Å². The molecule has 0 radical (unpaired) electrons. The minimum absolute atomic E-state index is 0. The molecule has 1 aromatic rings. The van der Waals surface area contributed by atoms with E-state index < -0.39 is 0 Å². The van der Waals surface area contributed by atoms with E-state index in [1.54, 1.807) is 7.05 Å². The van der Waals surface area contributed by atoms with E-state index in [1.165, 1.54) is 24.8 Å². The molecular formula is C24H39IN4O2. The van der Waals surface area contributed by atoms with Crippen LogP contribution in [-0.4, -0.2) is 56.1 Å². The number of rotatable bonds is 8. The second-order valence-electron chi connectivity index (χ2n) is 8.81. The van der Waals surface area contributed by atoms with E-state index in [9.17, 15) is 4.79 Å². The van der Waals surface area contributed by atoms with Crippen LogP contribution >= 0.6 is 24.0 Å². The van der Waals surface area contributed by atoms with E-state index in [1.807, 2.05) is 18.2 Å². The number of aliphatic imine (C=N–C) groups is 1. The smallest absolute Gasteiger partial charge is 0.225 e. The summed E-state index contributed by atoms with van der Waals surface area (Å²) >= 11 is 0. The predicted octanol–water partition coefficient (Wildman–Crippen LogP) is 3.80. The lowest BCUT2D eigenvalue weighted by molar-refractivity contribution is -0.135. The van der Waals surface area contributed by atoms with Crippen molar-refractivity contribution in [3.63, 3.8) is 0 Å². The van der Waals surface area contributed by atoms with Crippen molar-refractivity contribution in [2.75, 3.05) is 33.3 Å². The summed E-state index contributed by atoms with van der Waals surface area (Å²) in [5.41, 5.74) is 1.20. The van der Waals surface area contributed by atoms with Crippen LogP contribution in [0.2, 0.25) is 0 Å². The number of halogens is 1. The molecule has 2 fully saturated rings. The largest absolute Gasteiger partial charge is 0.376 e. The van der Waals surface area contributed by atoms with Crippen molar-refractivity contribution < 1.29 is 9.53 Å². The number of carbonyl (C=O) groups is 1. The highest BCUT2D eigenvalue weighted by atomic mass is 127. The third-order valence-electron chi connectivity index (χ3n) is 6.15. The maximum Gasteiger partial charge on any atom is 0.225 e. The van der Waals surface area contributed by atoms with Crippen LogP contribution in [0.1, 0.15) is 51.0 Å². The molecule has 2 atom stereocenters. The minimum atomic E-state index is 0. The molecule has 2 N–H and O–H groups in total. The number of benzene rings is 1. The van der Waals surface area contributed by atoms with E-state index in [0.717, 1.165) is 44.9 Å². The third-order valence-corrected chi connectivity index (χ3v) is 6.15. The molecule has 1 aromatic carbocycles. The molecule has 3 rings (SSSR count). The molecule has 7 heteroatoms. The predicted molar refractivity (Wildman–Crippen MR) is 137 cm³/mol. The lowest BCUT2D eigenvalue weighted by atomic mass is 9.88. The first-order valence-corrected chi connectivity index (χ1v) is 11.5. The first-order chi connectivity index (χ1) is 14.7. The molecule has 174 valence electrons. The van der Waals surface area contributed by atoms with Crippen LogP contribution in [-0.2, 0) is 16.1 Å². The summed E-state index contributed by atoms with van der Waals surface area (Å²) < 4.78 is 5.83. The standard InChI is InChI=1S/C24H38N4O2.HI/c1-19(17-30-18-20-9-5-3-6-10-20)15-26-24(25-2)27-22-13-14-28(16-22)23(29)21-11-7-4-8-12-21;/h3,5-6,9-10,19,21-22H,4,7-8,11-18H2,1-2H3,(H2,25,26,27);1H. The molecule has 1 aliphatic heterocycles. The number of likely N-dealkylation sites (tertiary alicyclic amines) is 1. The van der Waals surface area contributed by atoms with Crippen molar-refractivity contribution in [2.45, 2.75) is 58.1 Å². The molecule has 1 saturated heterocycles. The Morgan fingerprint density at radius 1 is 1.19 bits per heavy atom. The van der Waals surface area contributed by atoms with Crippen LogP contribution in [0, 0.1) is 11.8 Å². The molecule has 1 heterocycles. The van der Waals surface area contributed by atoms with Gasteiger partial charge in [0.2, 0.25) is 5.91 Å². The quantitative estimate of drug-likeness (QED) is 0.298. The van der Waals surface area contributed by atoms with Crippen molar-refractivity contribution in [1.29, 1.82) is 0 Å². The maximum absolute atomic E-state index is 12.8. The Bertz CT molecular complexity index is 679. The summed E-state index contributed by atoms with van der Waals surface area (Å²) in [4.78, 5) is 19.2. The molecule has 1 amide bonds. The Balaban J connectivity index is 0.00000341. The highest BCUT2D eigenvalue weighted by Crippen LogP contribution is 2.26. The molecule has 0 bridgehead atoms. The van der Waals surface area contributed by atoms with Gasteiger partial charge < -0.3 is 20.3 Å². The van der Waals surface area contributed by atoms with Crippen molar-refractivity contribution in [2.24, 2.45) is 16.8 Å². The number of hydrogen-bond donors (Lipinski definition) is 2. The number of guanidine groups is 1. The van der Waals surface area contributed by atoms with Gasteiger partial charge in [-0.3, -0.25) is 9.79 Å². The zero-order valence-corrected chi connectivity index (χ0v) is 21.3. The molecule has 2 unspecified atom stereocenters. The molecule has 1 aliphatic carbocycles. The topological polar surface area (TPSA) is 66.0 Å². The minimum Gasteiger partial charge on any atom is -0.376 e. The first kappa shape index (κ1) is 25.9. The van der Waals surface area contributed by atoms with Crippen LogP contribution in [0.25, 0.3) is 0 Å². The van der Waals surface area contributed by atoms with Gasteiger partial charge >= 0.3 is 0 Å². The highest BCUT2D eigenvalue weighted by molar-refractivity contribution is 14.0. The van der Waals surface area contributed by atoms with E-state index in [0.29, 0.717) is 25.0 Å². The Kier molecular flexibility index (Phi) is 11.6. The zero-order valence-electron chi connectivity index (χ0n) is 19.0. The van der Waals surface area contributed by atoms with Gasteiger partial charge in [-0.1, -0.05) is 56.5 Å². The number of nitrogens with zero attached hydrogens (tertiary/aromatic N) is 2. The summed E-state index contributed by atoms with van der Waals surface area (Å²) in [5.74, 6) is 1.81.